The Labute approximate surface area is 163 Å². The van der Waals surface area contributed by atoms with Gasteiger partial charge in [0.2, 0.25) is 15.8 Å². The van der Waals surface area contributed by atoms with Gasteiger partial charge in [0.1, 0.15) is 0 Å². The van der Waals surface area contributed by atoms with Crippen molar-refractivity contribution < 1.29 is 27.2 Å². The van der Waals surface area contributed by atoms with E-state index in [1.165, 1.54) is 0 Å². The molecule has 1 fully saturated rings. The maximum absolute atomic E-state index is 14.0. The molecule has 1 aliphatic rings. The number of halogens is 2. The van der Waals surface area contributed by atoms with Gasteiger partial charge in [-0.2, -0.15) is 0 Å². The first kappa shape index (κ1) is 23.5. The topological polar surface area (TPSA) is 120 Å². The highest BCUT2D eigenvalue weighted by atomic mass is 35.5. The number of hydrogen-bond acceptors (Lipinski definition) is 7. The molecule has 9 nitrogen and oxygen atoms in total. The average Bonchev–Trinajstić information content (AvgIpc) is 2.60. The van der Waals surface area contributed by atoms with Gasteiger partial charge in [-0.05, 0) is 32.0 Å². The van der Waals surface area contributed by atoms with E-state index in [4.69, 9.17) is 4.74 Å². The van der Waals surface area contributed by atoms with Gasteiger partial charge in [0, 0.05) is 25.1 Å². The van der Waals surface area contributed by atoms with Gasteiger partial charge in [0.05, 0.1) is 23.5 Å². The number of methoxy groups -OCH3 is 2. The van der Waals surface area contributed by atoms with Crippen LogP contribution in [0.1, 0.15) is 12.8 Å². The van der Waals surface area contributed by atoms with E-state index < -0.39 is 37.1 Å². The number of sulfonamides is 1. The van der Waals surface area contributed by atoms with Gasteiger partial charge in [0.25, 0.3) is 0 Å². The first-order chi connectivity index (χ1) is 12.2. The summed E-state index contributed by atoms with van der Waals surface area (Å²) >= 11 is 0. The van der Waals surface area contributed by atoms with Gasteiger partial charge in [-0.1, -0.05) is 0 Å². The predicted molar refractivity (Wildman–Crippen MR) is 98.5 cm³/mol. The van der Waals surface area contributed by atoms with E-state index in [-0.39, 0.29) is 24.4 Å². The van der Waals surface area contributed by atoms with Crippen molar-refractivity contribution in [3.63, 3.8) is 0 Å². The molecule has 154 valence electrons. The molecule has 0 aromatic heterocycles. The number of benzene rings is 1. The summed E-state index contributed by atoms with van der Waals surface area (Å²) in [5, 5.41) is 14.3. The second kappa shape index (κ2) is 9.60. The SMILES string of the molecule is COCC1(CNS(=O)(=O)c2cc(F)c(OC)c([N+](=O)[O-])c2)CCNCC1.Cl. The van der Waals surface area contributed by atoms with Crippen molar-refractivity contribution in [3.05, 3.63) is 28.1 Å². The molecule has 0 atom stereocenters. The fourth-order valence-corrected chi connectivity index (χ4v) is 4.20. The van der Waals surface area contributed by atoms with E-state index >= 15 is 0 Å². The maximum Gasteiger partial charge on any atom is 0.315 e. The zero-order chi connectivity index (χ0) is 19.4. The molecule has 12 heteroatoms. The van der Waals surface area contributed by atoms with Crippen molar-refractivity contribution in [2.75, 3.05) is 40.5 Å². The van der Waals surface area contributed by atoms with E-state index in [1.807, 2.05) is 0 Å². The summed E-state index contributed by atoms with van der Waals surface area (Å²) in [7, 11) is -1.53. The normalized spacial score (nSPS) is 16.4. The molecule has 0 unspecified atom stereocenters. The summed E-state index contributed by atoms with van der Waals surface area (Å²) in [6, 6.07) is 1.50. The number of piperidine rings is 1. The quantitative estimate of drug-likeness (QED) is 0.476. The summed E-state index contributed by atoms with van der Waals surface area (Å²) in [4.78, 5) is 9.66. The zero-order valence-electron chi connectivity index (χ0n) is 15.0. The molecule has 2 N–H and O–H groups in total. The summed E-state index contributed by atoms with van der Waals surface area (Å²) < 4.78 is 51.5. The van der Waals surface area contributed by atoms with Crippen molar-refractivity contribution in [1.29, 1.82) is 0 Å². The lowest BCUT2D eigenvalue weighted by atomic mass is 9.80. The number of hydrogen-bond donors (Lipinski definition) is 2. The molecule has 0 spiro atoms. The molecule has 1 aromatic rings. The molecule has 0 aliphatic carbocycles. The predicted octanol–water partition coefficient (Wildman–Crippen LogP) is 1.46. The third-order valence-corrected chi connectivity index (χ3v) is 5.84. The monoisotopic (exact) mass is 427 g/mol. The number of ether oxygens (including phenoxy) is 2. The number of nitro benzene ring substituents is 1. The van der Waals surface area contributed by atoms with Crippen LogP contribution in [0.15, 0.2) is 17.0 Å². The molecular weight excluding hydrogens is 405 g/mol. The van der Waals surface area contributed by atoms with Gasteiger partial charge >= 0.3 is 5.69 Å². The number of rotatable bonds is 8. The molecule has 0 saturated carbocycles. The zero-order valence-corrected chi connectivity index (χ0v) is 16.6. The molecule has 1 aliphatic heterocycles. The fourth-order valence-electron chi connectivity index (χ4n) is 3.01. The van der Waals surface area contributed by atoms with Gasteiger partial charge < -0.3 is 14.8 Å². The molecule has 0 amide bonds. The van der Waals surface area contributed by atoms with Crippen LogP contribution in [-0.4, -0.2) is 53.8 Å². The standard InChI is InChI=1S/C15H22FN3O6S.ClH/c1-24-10-15(3-5-17-6-4-15)9-18-26(22,23)11-7-12(16)14(25-2)13(8-11)19(20)21;/h7-8,17-18H,3-6,9-10H2,1-2H3;1H. The Balaban J connectivity index is 0.00000364. The summed E-state index contributed by atoms with van der Waals surface area (Å²) in [5.74, 6) is -1.72. The van der Waals surface area contributed by atoms with Crippen LogP contribution in [0.4, 0.5) is 10.1 Å². The lowest BCUT2D eigenvalue weighted by Gasteiger charge is -2.37. The highest BCUT2D eigenvalue weighted by molar-refractivity contribution is 7.89. The Kier molecular flexibility index (Phi) is 8.36. The van der Waals surface area contributed by atoms with Gasteiger partial charge in [-0.15, -0.1) is 12.4 Å². The number of nitrogens with one attached hydrogen (secondary N) is 2. The first-order valence-corrected chi connectivity index (χ1v) is 9.44. The first-order valence-electron chi connectivity index (χ1n) is 7.96. The Morgan fingerprint density at radius 2 is 1.96 bits per heavy atom. The molecule has 27 heavy (non-hydrogen) atoms. The van der Waals surface area contributed by atoms with E-state index in [0.717, 1.165) is 26.3 Å². The third-order valence-electron chi connectivity index (χ3n) is 4.46. The Morgan fingerprint density at radius 3 is 2.48 bits per heavy atom. The van der Waals surface area contributed by atoms with Crippen LogP contribution in [-0.2, 0) is 14.8 Å². The molecule has 2 rings (SSSR count). The van der Waals surface area contributed by atoms with Gasteiger partial charge in [0.15, 0.2) is 5.82 Å². The van der Waals surface area contributed by atoms with E-state index in [2.05, 4.69) is 14.8 Å². The molecule has 0 radical (unpaired) electrons. The second-order valence-corrected chi connectivity index (χ2v) is 7.99. The maximum atomic E-state index is 14.0. The minimum absolute atomic E-state index is 0. The Hall–Kier alpha value is -1.53. The lowest BCUT2D eigenvalue weighted by Crippen LogP contribution is -2.47. The molecule has 1 aromatic carbocycles. The van der Waals surface area contributed by atoms with Crippen molar-refractivity contribution in [1.82, 2.24) is 10.0 Å². The highest BCUT2D eigenvalue weighted by Gasteiger charge is 2.34. The highest BCUT2D eigenvalue weighted by Crippen LogP contribution is 2.33. The van der Waals surface area contributed by atoms with Gasteiger partial charge in [-0.3, -0.25) is 10.1 Å². The lowest BCUT2D eigenvalue weighted by molar-refractivity contribution is -0.386. The smallest absolute Gasteiger partial charge is 0.315 e. The summed E-state index contributed by atoms with van der Waals surface area (Å²) in [5.41, 5.74) is -1.13. The molecule has 0 bridgehead atoms. The fraction of sp³-hybridized carbons (Fsp3) is 0.600. The molecule has 1 heterocycles. The number of nitrogens with zero attached hydrogens (tertiary/aromatic N) is 1. The number of nitro groups is 1. The molecule has 1 saturated heterocycles. The van der Waals surface area contributed by atoms with Crippen molar-refractivity contribution >= 4 is 28.1 Å². The van der Waals surface area contributed by atoms with Crippen molar-refractivity contribution in [2.24, 2.45) is 5.41 Å². The minimum atomic E-state index is -4.15. The van der Waals surface area contributed by atoms with Crippen LogP contribution in [0.25, 0.3) is 0 Å². The van der Waals surface area contributed by atoms with Crippen LogP contribution in [0.5, 0.6) is 5.75 Å². The Bertz CT molecular complexity index is 766. The van der Waals surface area contributed by atoms with Gasteiger partial charge in [-0.25, -0.2) is 17.5 Å². The summed E-state index contributed by atoms with van der Waals surface area (Å²) in [6.07, 6.45) is 1.42. The second-order valence-electron chi connectivity index (χ2n) is 6.22. The molecular formula is C15H23ClFN3O6S. The Morgan fingerprint density at radius 1 is 1.33 bits per heavy atom. The van der Waals surface area contributed by atoms with E-state index in [0.29, 0.717) is 25.5 Å². The van der Waals surface area contributed by atoms with Crippen molar-refractivity contribution in [3.8, 4) is 5.75 Å². The minimum Gasteiger partial charge on any atom is -0.488 e. The van der Waals surface area contributed by atoms with E-state index in [9.17, 15) is 22.9 Å². The van der Waals surface area contributed by atoms with Crippen LogP contribution in [0.3, 0.4) is 0 Å². The third kappa shape index (κ3) is 5.48. The largest absolute Gasteiger partial charge is 0.488 e. The van der Waals surface area contributed by atoms with Crippen LogP contribution < -0.4 is 14.8 Å². The van der Waals surface area contributed by atoms with Crippen molar-refractivity contribution in [2.45, 2.75) is 17.7 Å². The summed E-state index contributed by atoms with van der Waals surface area (Å²) in [6.45, 7) is 1.92. The van der Waals surface area contributed by atoms with Crippen LogP contribution in [0.2, 0.25) is 0 Å². The van der Waals surface area contributed by atoms with Crippen LogP contribution >= 0.6 is 12.4 Å². The average molecular weight is 428 g/mol. The van der Waals surface area contributed by atoms with E-state index in [1.54, 1.807) is 7.11 Å². The van der Waals surface area contributed by atoms with Crippen LogP contribution in [0, 0.1) is 21.3 Å².